The fourth-order valence-corrected chi connectivity index (χ4v) is 4.88. The molecule has 172 valence electrons. The van der Waals surface area contributed by atoms with Gasteiger partial charge in [0.05, 0.1) is 18.4 Å². The number of carbonyl (C=O) groups excluding carboxylic acids is 2. The number of amides is 2. The largest absolute Gasteiger partial charge is 0.508 e. The minimum Gasteiger partial charge on any atom is -0.508 e. The first-order chi connectivity index (χ1) is 15.7. The van der Waals surface area contributed by atoms with Crippen LogP contribution in [0.25, 0.3) is 0 Å². The summed E-state index contributed by atoms with van der Waals surface area (Å²) in [4.78, 5) is 51.6. The van der Waals surface area contributed by atoms with E-state index >= 15 is 0 Å². The quantitative estimate of drug-likeness (QED) is 0.387. The first-order valence-electron chi connectivity index (χ1n) is 10.3. The molecule has 0 aliphatic carbocycles. The molecule has 0 unspecified atom stereocenters. The van der Waals surface area contributed by atoms with Crippen molar-refractivity contribution in [3.63, 3.8) is 0 Å². The number of phenols is 2. The van der Waals surface area contributed by atoms with Gasteiger partial charge in [0.2, 0.25) is 11.8 Å². The van der Waals surface area contributed by atoms with Gasteiger partial charge in [0.15, 0.2) is 0 Å². The number of hydrogen-bond donors (Lipinski definition) is 5. The number of imide groups is 1. The molecule has 0 spiro atoms. The Kier molecular flexibility index (Phi) is 5.54. The van der Waals surface area contributed by atoms with Gasteiger partial charge in [-0.2, -0.15) is 0 Å². The standard InChI is InChI=1S/C23H22N2O8/c26-13-6-7-14(15(27)10-13)19-17-18(23(24-19,22(32)33)9-8-16(28)29)21(31)25(20(17)30)11-12-4-2-1-3-5-12/h1-7,10,17-19,24,26-27H,8-9,11H2,(H,28,29)(H,32,33)/t17-,18+,19-,23+/m1/s1. The molecular weight excluding hydrogens is 432 g/mol. The molecule has 33 heavy (non-hydrogen) atoms. The topological polar surface area (TPSA) is 164 Å². The lowest BCUT2D eigenvalue weighted by molar-refractivity contribution is -0.153. The molecule has 0 radical (unpaired) electrons. The Morgan fingerprint density at radius 2 is 1.70 bits per heavy atom. The highest BCUT2D eigenvalue weighted by Gasteiger charge is 2.68. The number of carboxylic acids is 2. The van der Waals surface area contributed by atoms with E-state index in [9.17, 15) is 39.6 Å². The number of hydrogen-bond acceptors (Lipinski definition) is 7. The van der Waals surface area contributed by atoms with Crippen molar-refractivity contribution in [3.8, 4) is 11.5 Å². The van der Waals surface area contributed by atoms with Crippen LogP contribution in [0.3, 0.4) is 0 Å². The molecular formula is C23H22N2O8. The van der Waals surface area contributed by atoms with Crippen LogP contribution in [0.4, 0.5) is 0 Å². The molecule has 0 aromatic heterocycles. The lowest BCUT2D eigenvalue weighted by Gasteiger charge is -2.31. The third-order valence-corrected chi connectivity index (χ3v) is 6.39. The van der Waals surface area contributed by atoms with Crippen LogP contribution in [0.5, 0.6) is 11.5 Å². The molecule has 0 saturated carbocycles. The van der Waals surface area contributed by atoms with Crippen molar-refractivity contribution < 1.29 is 39.6 Å². The second-order valence-corrected chi connectivity index (χ2v) is 8.29. The van der Waals surface area contributed by atoms with Gasteiger partial charge in [0.1, 0.15) is 17.0 Å². The van der Waals surface area contributed by atoms with E-state index in [1.54, 1.807) is 30.3 Å². The van der Waals surface area contributed by atoms with Crippen LogP contribution in [0.15, 0.2) is 48.5 Å². The minimum absolute atomic E-state index is 0.0611. The summed E-state index contributed by atoms with van der Waals surface area (Å²) in [6.45, 7) is -0.0611. The minimum atomic E-state index is -2.03. The SMILES string of the molecule is O=C(O)CC[C@]1(C(=O)O)N[C@H](c2ccc(O)cc2O)[C@@H]2C(=O)N(Cc3ccccc3)C(=O)[C@H]21. The summed E-state index contributed by atoms with van der Waals surface area (Å²) in [6.07, 6.45) is -0.983. The predicted octanol–water partition coefficient (Wildman–Crippen LogP) is 1.23. The number of nitrogens with one attached hydrogen (secondary N) is 1. The van der Waals surface area contributed by atoms with E-state index in [0.29, 0.717) is 5.56 Å². The third-order valence-electron chi connectivity index (χ3n) is 6.39. The van der Waals surface area contributed by atoms with Gasteiger partial charge in [0.25, 0.3) is 0 Å². The zero-order valence-corrected chi connectivity index (χ0v) is 17.3. The summed E-state index contributed by atoms with van der Waals surface area (Å²) in [6, 6.07) is 11.3. The molecule has 2 aromatic rings. The van der Waals surface area contributed by atoms with Gasteiger partial charge in [-0.15, -0.1) is 0 Å². The molecule has 2 aromatic carbocycles. The summed E-state index contributed by atoms with van der Waals surface area (Å²) >= 11 is 0. The zero-order valence-electron chi connectivity index (χ0n) is 17.3. The Bertz CT molecular complexity index is 1130. The number of fused-ring (bicyclic) bond motifs is 1. The Balaban J connectivity index is 1.81. The third kappa shape index (κ3) is 3.68. The van der Waals surface area contributed by atoms with Gasteiger partial charge in [-0.05, 0) is 18.1 Å². The number of rotatable bonds is 7. The number of phenolic OH excluding ortho intramolecular Hbond substituents is 2. The summed E-state index contributed by atoms with van der Waals surface area (Å²) in [5.41, 5.74) is -1.23. The molecule has 2 aliphatic rings. The summed E-state index contributed by atoms with van der Waals surface area (Å²) in [5.74, 6) is -7.20. The molecule has 10 heteroatoms. The van der Waals surface area contributed by atoms with Crippen molar-refractivity contribution in [2.45, 2.75) is 31.0 Å². The van der Waals surface area contributed by atoms with Crippen molar-refractivity contribution in [3.05, 3.63) is 59.7 Å². The second-order valence-electron chi connectivity index (χ2n) is 8.29. The molecule has 2 saturated heterocycles. The Morgan fingerprint density at radius 3 is 2.30 bits per heavy atom. The molecule has 2 fully saturated rings. The van der Waals surface area contributed by atoms with Crippen LogP contribution in [0.1, 0.15) is 30.0 Å². The van der Waals surface area contributed by atoms with Crippen molar-refractivity contribution in [1.82, 2.24) is 10.2 Å². The molecule has 4 atom stereocenters. The number of nitrogens with zero attached hydrogens (tertiary/aromatic N) is 1. The van der Waals surface area contributed by atoms with Crippen LogP contribution < -0.4 is 5.32 Å². The van der Waals surface area contributed by atoms with Gasteiger partial charge in [-0.25, -0.2) is 0 Å². The number of benzene rings is 2. The normalized spacial score (nSPS) is 26.4. The highest BCUT2D eigenvalue weighted by Crippen LogP contribution is 2.52. The highest BCUT2D eigenvalue weighted by atomic mass is 16.4. The average Bonchev–Trinajstić information content (AvgIpc) is 3.23. The number of likely N-dealkylation sites (tertiary alicyclic amines) is 1. The highest BCUT2D eigenvalue weighted by molar-refractivity contribution is 6.09. The van der Waals surface area contributed by atoms with Gasteiger partial charge in [-0.3, -0.25) is 29.4 Å². The zero-order chi connectivity index (χ0) is 23.9. The fraction of sp³-hybridized carbons (Fsp3) is 0.304. The Hall–Kier alpha value is -3.92. The first kappa shape index (κ1) is 22.3. The van der Waals surface area contributed by atoms with Crippen LogP contribution in [0, 0.1) is 11.8 Å². The van der Waals surface area contributed by atoms with E-state index < -0.39 is 60.0 Å². The molecule has 4 rings (SSSR count). The van der Waals surface area contributed by atoms with E-state index in [0.717, 1.165) is 11.0 Å². The number of aromatic hydroxyl groups is 2. The van der Waals surface area contributed by atoms with Crippen LogP contribution in [-0.4, -0.2) is 54.6 Å². The Morgan fingerprint density at radius 1 is 1.00 bits per heavy atom. The number of carboxylic acid groups (broad SMARTS) is 2. The van der Waals surface area contributed by atoms with E-state index in [1.165, 1.54) is 12.1 Å². The second kappa shape index (κ2) is 8.21. The van der Waals surface area contributed by atoms with Crippen molar-refractivity contribution >= 4 is 23.8 Å². The van der Waals surface area contributed by atoms with Crippen molar-refractivity contribution in [2.24, 2.45) is 11.8 Å². The summed E-state index contributed by atoms with van der Waals surface area (Å²) in [5, 5.41) is 42.2. The number of aliphatic carboxylic acids is 2. The molecule has 2 amide bonds. The smallest absolute Gasteiger partial charge is 0.324 e. The van der Waals surface area contributed by atoms with Crippen LogP contribution >= 0.6 is 0 Å². The van der Waals surface area contributed by atoms with Crippen molar-refractivity contribution in [2.75, 3.05) is 0 Å². The number of carbonyl (C=O) groups is 4. The molecule has 2 heterocycles. The van der Waals surface area contributed by atoms with E-state index in [-0.39, 0.29) is 23.6 Å². The average molecular weight is 454 g/mol. The maximum Gasteiger partial charge on any atom is 0.324 e. The maximum atomic E-state index is 13.4. The first-order valence-corrected chi connectivity index (χ1v) is 10.3. The van der Waals surface area contributed by atoms with E-state index in [1.807, 2.05) is 0 Å². The summed E-state index contributed by atoms with van der Waals surface area (Å²) < 4.78 is 0. The van der Waals surface area contributed by atoms with E-state index in [2.05, 4.69) is 5.32 Å². The monoisotopic (exact) mass is 454 g/mol. The molecule has 5 N–H and O–H groups in total. The lowest BCUT2D eigenvalue weighted by atomic mass is 9.77. The maximum absolute atomic E-state index is 13.4. The molecule has 10 nitrogen and oxygen atoms in total. The fourth-order valence-electron chi connectivity index (χ4n) is 4.88. The van der Waals surface area contributed by atoms with Gasteiger partial charge in [-0.1, -0.05) is 36.4 Å². The predicted molar refractivity (Wildman–Crippen MR) is 112 cm³/mol. The van der Waals surface area contributed by atoms with Crippen LogP contribution in [0.2, 0.25) is 0 Å². The van der Waals surface area contributed by atoms with Crippen LogP contribution in [-0.2, 0) is 25.7 Å². The Labute approximate surface area is 188 Å². The van der Waals surface area contributed by atoms with Gasteiger partial charge in [0, 0.05) is 24.1 Å². The molecule has 0 bridgehead atoms. The van der Waals surface area contributed by atoms with E-state index in [4.69, 9.17) is 0 Å². The van der Waals surface area contributed by atoms with Crippen molar-refractivity contribution in [1.29, 1.82) is 0 Å². The summed E-state index contributed by atoms with van der Waals surface area (Å²) in [7, 11) is 0. The van der Waals surface area contributed by atoms with Gasteiger partial charge < -0.3 is 20.4 Å². The molecule has 2 aliphatic heterocycles. The lowest BCUT2D eigenvalue weighted by Crippen LogP contribution is -2.55. The van der Waals surface area contributed by atoms with Gasteiger partial charge >= 0.3 is 11.9 Å².